The number of aliphatic hydroxyl groups is 1. The number of aliphatic imine (C=N–C) groups is 1. The summed E-state index contributed by atoms with van der Waals surface area (Å²) in [5.74, 6) is 7.43. The average Bonchev–Trinajstić information content (AvgIpc) is 3.02. The predicted octanol–water partition coefficient (Wildman–Crippen LogP) is 1.91. The van der Waals surface area contributed by atoms with Crippen LogP contribution in [0.15, 0.2) is 35.5 Å². The predicted molar refractivity (Wildman–Crippen MR) is 98.8 cm³/mol. The number of nitrogens with two attached hydrogens (primary N) is 1. The molecule has 138 valence electrons. The second kappa shape index (κ2) is 5.89. The van der Waals surface area contributed by atoms with Crippen molar-refractivity contribution in [3.05, 3.63) is 47.2 Å². The molecule has 0 bridgehead atoms. The summed E-state index contributed by atoms with van der Waals surface area (Å²) in [6.45, 7) is 3.46. The standard InChI is InChI=1S/C20H19N3O4/c1-19(2,24)7-6-12-8-15-17(22-10-12)27-16-5-4-13(25-3)9-14(16)20(15)11-26-18(21)23-20/h4-5,8-10,24H,11H2,1-3H3,(H2,21,23)/t20-/m1/s1. The fourth-order valence-electron chi connectivity index (χ4n) is 3.13. The highest BCUT2D eigenvalue weighted by Gasteiger charge is 2.47. The number of fused-ring (bicyclic) bond motifs is 4. The normalized spacial score (nSPS) is 19.8. The van der Waals surface area contributed by atoms with Crippen molar-refractivity contribution < 1.29 is 19.3 Å². The van der Waals surface area contributed by atoms with Gasteiger partial charge in [-0.25, -0.2) is 9.98 Å². The van der Waals surface area contributed by atoms with Gasteiger partial charge in [-0.05, 0) is 38.1 Å². The van der Waals surface area contributed by atoms with Crippen molar-refractivity contribution >= 4 is 6.02 Å². The van der Waals surface area contributed by atoms with E-state index < -0.39 is 11.1 Å². The summed E-state index contributed by atoms with van der Waals surface area (Å²) in [4.78, 5) is 8.99. The van der Waals surface area contributed by atoms with Crippen molar-refractivity contribution in [1.29, 1.82) is 0 Å². The molecule has 1 spiro atoms. The van der Waals surface area contributed by atoms with Crippen LogP contribution in [0.4, 0.5) is 0 Å². The van der Waals surface area contributed by atoms with Gasteiger partial charge in [0.2, 0.25) is 5.88 Å². The molecular weight excluding hydrogens is 346 g/mol. The molecule has 0 saturated carbocycles. The van der Waals surface area contributed by atoms with E-state index in [9.17, 15) is 5.11 Å². The van der Waals surface area contributed by atoms with E-state index in [1.807, 2.05) is 24.3 Å². The first kappa shape index (κ1) is 17.2. The Morgan fingerprint density at radius 1 is 1.30 bits per heavy atom. The molecule has 3 N–H and O–H groups in total. The van der Waals surface area contributed by atoms with Gasteiger partial charge in [0.05, 0.1) is 12.7 Å². The molecule has 0 amide bonds. The van der Waals surface area contributed by atoms with E-state index in [2.05, 4.69) is 21.8 Å². The molecule has 0 aliphatic carbocycles. The number of hydrogen-bond donors (Lipinski definition) is 2. The molecule has 0 radical (unpaired) electrons. The van der Waals surface area contributed by atoms with Crippen molar-refractivity contribution in [2.45, 2.75) is 25.0 Å². The van der Waals surface area contributed by atoms with Crippen LogP contribution < -0.4 is 15.2 Å². The molecule has 1 atom stereocenters. The summed E-state index contributed by atoms with van der Waals surface area (Å²) in [7, 11) is 1.60. The van der Waals surface area contributed by atoms with Gasteiger partial charge in [-0.3, -0.25) is 0 Å². The van der Waals surface area contributed by atoms with Gasteiger partial charge >= 0.3 is 0 Å². The lowest BCUT2D eigenvalue weighted by molar-refractivity contribution is 0.143. The number of amidine groups is 1. The van der Waals surface area contributed by atoms with Gasteiger partial charge in [-0.15, -0.1) is 0 Å². The largest absolute Gasteiger partial charge is 0.497 e. The summed E-state index contributed by atoms with van der Waals surface area (Å²) in [5, 5.41) is 9.85. The highest BCUT2D eigenvalue weighted by atomic mass is 16.5. The average molecular weight is 365 g/mol. The van der Waals surface area contributed by atoms with E-state index in [-0.39, 0.29) is 12.6 Å². The van der Waals surface area contributed by atoms with Crippen LogP contribution in [0.25, 0.3) is 0 Å². The Hall–Kier alpha value is -3.24. The molecule has 0 fully saturated rings. The lowest BCUT2D eigenvalue weighted by Gasteiger charge is -2.32. The van der Waals surface area contributed by atoms with E-state index in [4.69, 9.17) is 19.9 Å². The van der Waals surface area contributed by atoms with Crippen LogP contribution in [-0.4, -0.2) is 35.4 Å². The summed E-state index contributed by atoms with van der Waals surface area (Å²) in [6.07, 6.45) is 1.60. The number of aromatic nitrogens is 1. The number of pyridine rings is 1. The highest BCUT2D eigenvalue weighted by Crippen LogP contribution is 2.50. The van der Waals surface area contributed by atoms with Crippen LogP contribution in [0.5, 0.6) is 17.4 Å². The molecule has 27 heavy (non-hydrogen) atoms. The Balaban J connectivity index is 1.91. The molecule has 7 heteroatoms. The zero-order chi connectivity index (χ0) is 19.2. The topological polar surface area (TPSA) is 99.2 Å². The fraction of sp³-hybridized carbons (Fsp3) is 0.300. The minimum Gasteiger partial charge on any atom is -0.497 e. The smallest absolute Gasteiger partial charge is 0.283 e. The SMILES string of the molecule is COc1ccc2c(c1)[C@]1(COC(N)=N1)c1cc(C#CC(C)(C)O)cnc1O2. The van der Waals surface area contributed by atoms with E-state index in [0.717, 1.165) is 5.56 Å². The van der Waals surface area contributed by atoms with Crippen molar-refractivity contribution in [3.63, 3.8) is 0 Å². The van der Waals surface area contributed by atoms with Gasteiger partial charge in [0.1, 0.15) is 23.7 Å². The molecule has 2 aliphatic rings. The Bertz CT molecular complexity index is 1010. The maximum Gasteiger partial charge on any atom is 0.283 e. The molecule has 3 heterocycles. The van der Waals surface area contributed by atoms with Gasteiger partial charge in [0, 0.05) is 17.3 Å². The molecule has 7 nitrogen and oxygen atoms in total. The molecule has 1 aromatic carbocycles. The molecule has 1 aromatic heterocycles. The molecule has 0 saturated heterocycles. The monoisotopic (exact) mass is 365 g/mol. The Morgan fingerprint density at radius 3 is 2.78 bits per heavy atom. The second-order valence-electron chi connectivity index (χ2n) is 6.95. The van der Waals surface area contributed by atoms with E-state index in [1.165, 1.54) is 0 Å². The van der Waals surface area contributed by atoms with Crippen molar-refractivity contribution in [2.24, 2.45) is 10.7 Å². The minimum absolute atomic E-state index is 0.101. The number of ether oxygens (including phenoxy) is 3. The maximum absolute atomic E-state index is 9.85. The van der Waals surface area contributed by atoms with Gasteiger partial charge in [0.25, 0.3) is 6.02 Å². The Morgan fingerprint density at radius 2 is 2.11 bits per heavy atom. The lowest BCUT2D eigenvalue weighted by atomic mass is 9.82. The van der Waals surface area contributed by atoms with Crippen LogP contribution in [0.2, 0.25) is 0 Å². The van der Waals surface area contributed by atoms with Gasteiger partial charge in [-0.2, -0.15) is 0 Å². The zero-order valence-electron chi connectivity index (χ0n) is 15.2. The summed E-state index contributed by atoms with van der Waals surface area (Å²) in [5.41, 5.74) is 5.97. The maximum atomic E-state index is 9.85. The number of methoxy groups -OCH3 is 1. The summed E-state index contributed by atoms with van der Waals surface area (Å²) >= 11 is 0. The van der Waals surface area contributed by atoms with E-state index in [1.54, 1.807) is 27.2 Å². The molecule has 2 aromatic rings. The van der Waals surface area contributed by atoms with E-state index in [0.29, 0.717) is 28.5 Å². The zero-order valence-corrected chi connectivity index (χ0v) is 15.2. The van der Waals surface area contributed by atoms with Crippen LogP contribution >= 0.6 is 0 Å². The third-order valence-corrected chi connectivity index (χ3v) is 4.38. The quantitative estimate of drug-likeness (QED) is 0.749. The number of rotatable bonds is 1. The van der Waals surface area contributed by atoms with Crippen LogP contribution in [0, 0.1) is 11.8 Å². The van der Waals surface area contributed by atoms with Gasteiger partial charge in [0.15, 0.2) is 5.54 Å². The van der Waals surface area contributed by atoms with Gasteiger partial charge in [-0.1, -0.05) is 11.8 Å². The molecule has 4 rings (SSSR count). The minimum atomic E-state index is -1.11. The number of hydrogen-bond acceptors (Lipinski definition) is 7. The Labute approximate surface area is 156 Å². The Kier molecular flexibility index (Phi) is 3.75. The van der Waals surface area contributed by atoms with E-state index >= 15 is 0 Å². The molecule has 0 unspecified atom stereocenters. The summed E-state index contributed by atoms with van der Waals surface area (Å²) in [6, 6.07) is 7.42. The third kappa shape index (κ3) is 2.94. The van der Waals surface area contributed by atoms with Gasteiger partial charge < -0.3 is 25.1 Å². The number of benzene rings is 1. The second-order valence-corrected chi connectivity index (χ2v) is 6.95. The van der Waals surface area contributed by atoms with Crippen LogP contribution in [0.1, 0.15) is 30.5 Å². The molecule has 2 aliphatic heterocycles. The first-order valence-electron chi connectivity index (χ1n) is 8.41. The van der Waals surface area contributed by atoms with Crippen molar-refractivity contribution in [2.75, 3.05) is 13.7 Å². The van der Waals surface area contributed by atoms with Crippen molar-refractivity contribution in [1.82, 2.24) is 4.98 Å². The van der Waals surface area contributed by atoms with Crippen LogP contribution in [-0.2, 0) is 10.3 Å². The van der Waals surface area contributed by atoms with Crippen LogP contribution in [0.3, 0.4) is 0 Å². The third-order valence-electron chi connectivity index (χ3n) is 4.38. The molecular formula is C20H19N3O4. The highest BCUT2D eigenvalue weighted by molar-refractivity contribution is 5.76. The first-order valence-corrected chi connectivity index (χ1v) is 8.41. The fourth-order valence-corrected chi connectivity index (χ4v) is 3.13. The first-order chi connectivity index (χ1) is 12.8. The lowest BCUT2D eigenvalue weighted by Crippen LogP contribution is -2.31. The van der Waals surface area contributed by atoms with Crippen molar-refractivity contribution in [3.8, 4) is 29.2 Å². The summed E-state index contributed by atoms with van der Waals surface area (Å²) < 4.78 is 16.8. The number of nitrogens with zero attached hydrogens (tertiary/aromatic N) is 2.